The maximum atomic E-state index is 6.19. The molecular weight excluding hydrogens is 967 g/mol. The van der Waals surface area contributed by atoms with Crippen LogP contribution in [0.3, 0.4) is 0 Å². The van der Waals surface area contributed by atoms with Crippen molar-refractivity contribution in [3.8, 4) is 236 Å². The average molecular weight is 1010 g/mol. The highest BCUT2D eigenvalue weighted by Gasteiger charge is 2.28. The molecule has 0 atom stereocenters. The number of nitrogens with one attached hydrogen (secondary N) is 3. The van der Waals surface area contributed by atoms with Gasteiger partial charge in [0, 0.05) is 94.7 Å². The topological polar surface area (TPSA) is 91.5 Å². The zero-order valence-corrected chi connectivity index (χ0v) is 43.7. The lowest BCUT2D eigenvalue weighted by molar-refractivity contribution is 0.121. The van der Waals surface area contributed by atoms with Gasteiger partial charge in [0.05, 0.1) is 21.3 Å². The lowest BCUT2D eigenvalue weighted by Crippen LogP contribution is -2.67. The van der Waals surface area contributed by atoms with E-state index < -0.39 is 5.79 Å². The van der Waals surface area contributed by atoms with Gasteiger partial charge in [0.2, 0.25) is 0 Å². The van der Waals surface area contributed by atoms with E-state index in [0.717, 1.165) is 16.7 Å². The number of hydrogen-bond acceptors (Lipinski definition) is 9. The molecular formula is C69H45N3O6. The quantitative estimate of drug-likeness (QED) is 0.0950. The van der Waals surface area contributed by atoms with Crippen molar-refractivity contribution in [1.82, 2.24) is 16.0 Å². The summed E-state index contributed by atoms with van der Waals surface area (Å²) in [4.78, 5) is 0. The van der Waals surface area contributed by atoms with Crippen LogP contribution in [0.15, 0.2) is 72.8 Å². The fourth-order valence-electron chi connectivity index (χ4n) is 5.41. The van der Waals surface area contributed by atoms with E-state index in [4.69, 9.17) is 28.4 Å². The lowest BCUT2D eigenvalue weighted by Gasteiger charge is -2.32. The summed E-state index contributed by atoms with van der Waals surface area (Å²) in [7, 11) is 4.72. The van der Waals surface area contributed by atoms with Gasteiger partial charge in [0.25, 0.3) is 0 Å². The normalized spacial score (nSPS) is 9.01. The van der Waals surface area contributed by atoms with Crippen molar-refractivity contribution >= 4 is 18.2 Å². The largest absolute Gasteiger partial charge is 0.493 e. The minimum Gasteiger partial charge on any atom is -0.493 e. The van der Waals surface area contributed by atoms with Gasteiger partial charge in [-0.05, 0) is 181 Å². The molecule has 78 heavy (non-hydrogen) atoms. The highest BCUT2D eigenvalue weighted by Crippen LogP contribution is 2.30. The Balaban J connectivity index is 1.77. The highest BCUT2D eigenvalue weighted by molar-refractivity contribution is 5.58. The third-order valence-electron chi connectivity index (χ3n) is 8.65. The second-order valence-electron chi connectivity index (χ2n) is 13.8. The molecule has 0 bridgehead atoms. The Morgan fingerprint density at radius 2 is 0.564 bits per heavy atom. The summed E-state index contributed by atoms with van der Waals surface area (Å²) in [6.07, 6.45) is 11.7. The van der Waals surface area contributed by atoms with Crippen molar-refractivity contribution in [3.63, 3.8) is 0 Å². The van der Waals surface area contributed by atoms with E-state index in [1.807, 2.05) is 112 Å². The van der Waals surface area contributed by atoms with E-state index in [2.05, 4.69) is 217 Å². The third kappa shape index (κ3) is 26.0. The van der Waals surface area contributed by atoms with Gasteiger partial charge in [-0.2, -0.15) is 0 Å². The minimum absolute atomic E-state index is 0.0749. The summed E-state index contributed by atoms with van der Waals surface area (Å²) in [5.41, 5.74) is 2.85. The van der Waals surface area contributed by atoms with Crippen LogP contribution in [-0.2, 0) is 0 Å². The summed E-state index contributed by atoms with van der Waals surface area (Å²) in [6, 6.07) is 16.8. The number of rotatable bonds is 18. The van der Waals surface area contributed by atoms with Crippen LogP contribution in [0.4, 0.5) is 0 Å². The predicted molar refractivity (Wildman–Crippen MR) is 310 cm³/mol. The molecule has 0 heterocycles. The molecule has 3 N–H and O–H groups in total. The second-order valence-corrected chi connectivity index (χ2v) is 13.8. The maximum Gasteiger partial charge on any atom is 0.197 e. The van der Waals surface area contributed by atoms with Gasteiger partial charge < -0.3 is 28.4 Å². The van der Waals surface area contributed by atoms with Crippen molar-refractivity contribution in [2.75, 3.05) is 41.5 Å². The molecule has 0 spiro atoms. The first-order valence-electron chi connectivity index (χ1n) is 22.9. The van der Waals surface area contributed by atoms with Crippen molar-refractivity contribution in [2.45, 2.75) is 33.5 Å². The predicted octanol–water partition coefficient (Wildman–Crippen LogP) is 6.72. The molecule has 3 rings (SSSR count). The van der Waals surface area contributed by atoms with Gasteiger partial charge in [0.1, 0.15) is 20.2 Å². The van der Waals surface area contributed by atoms with E-state index in [0.29, 0.717) is 34.5 Å². The zero-order chi connectivity index (χ0) is 55.8. The van der Waals surface area contributed by atoms with Crippen molar-refractivity contribution < 1.29 is 28.4 Å². The third-order valence-corrected chi connectivity index (χ3v) is 8.65. The molecule has 372 valence electrons. The van der Waals surface area contributed by atoms with Crippen molar-refractivity contribution in [3.05, 3.63) is 89.5 Å². The average Bonchev–Trinajstić information content (AvgIpc) is 3.47. The molecule has 0 fully saturated rings. The summed E-state index contributed by atoms with van der Waals surface area (Å²) in [6.45, 7) is 7.28. The van der Waals surface area contributed by atoms with Gasteiger partial charge in [-0.15, -0.1) is 0 Å². The number of hydrogen-bond donors (Lipinski definition) is 3. The molecule has 0 amide bonds. The van der Waals surface area contributed by atoms with Gasteiger partial charge in [0.15, 0.2) is 40.3 Å². The lowest BCUT2D eigenvalue weighted by atomic mass is 10.2. The second kappa shape index (κ2) is 39.7. The van der Waals surface area contributed by atoms with Crippen LogP contribution in [-0.4, -0.2) is 47.3 Å². The summed E-state index contributed by atoms with van der Waals surface area (Å²) in [5.74, 6) is 89.5. The molecule has 0 saturated heterocycles. The number of benzene rings is 3. The van der Waals surface area contributed by atoms with Crippen LogP contribution in [0, 0.1) is 201 Å². The van der Waals surface area contributed by atoms with E-state index in [1.54, 1.807) is 28.3 Å². The van der Waals surface area contributed by atoms with Crippen LogP contribution < -0.4 is 44.4 Å². The van der Waals surface area contributed by atoms with Crippen LogP contribution in [0.2, 0.25) is 0 Å². The highest BCUT2D eigenvalue weighted by atomic mass is 16.5. The Kier molecular flexibility index (Phi) is 30.7. The zero-order valence-electron chi connectivity index (χ0n) is 43.7. The molecule has 0 unspecified atom stereocenters. The number of allylic oxidation sites excluding steroid dienone is 3. The van der Waals surface area contributed by atoms with E-state index in [9.17, 15) is 0 Å². The summed E-state index contributed by atoms with van der Waals surface area (Å²) < 4.78 is 35.5. The molecule has 0 saturated carbocycles. The standard InChI is InChI=1S/C69H45N3O6/c1-8-12-13-14-15-16-17-18-19-20-21-22-23-24-25-26-27-28-29-30-31-32-33-34-35-36-37-38-39-40-41-42-43-53-69(70-57-76-63-50-47-60(44-9-2)54-66(63)73-5,71-58-77-64-51-48-61(45-10-3)55-67(64)74-6)72-59-78-65-52-49-62(46-11-4)56-68(65)75-7/h9-11,44-52,54-56,70-72H,57-59H2,1-7H3. The first-order valence-corrected chi connectivity index (χ1v) is 22.9. The van der Waals surface area contributed by atoms with E-state index in [-0.39, 0.29) is 20.2 Å². The van der Waals surface area contributed by atoms with Crippen LogP contribution in [0.5, 0.6) is 34.5 Å². The molecule has 3 aromatic rings. The van der Waals surface area contributed by atoms with Crippen molar-refractivity contribution in [1.29, 1.82) is 0 Å². The van der Waals surface area contributed by atoms with Gasteiger partial charge in [-0.25, -0.2) is 16.0 Å². The number of ether oxygens (including phenoxy) is 6. The SMILES string of the molecule is CC#CC#CC#CC#CC#CC#CC#CC#CC#CC#CC#CC#CC#CC#CC#CC#CC#CC(NCOc1ccc(C=CC)cc1OC)(NCOc1ccc(C=CC)cc1OC)NCOc1ccc(C=CC)cc1OC. The summed E-state index contributed by atoms with van der Waals surface area (Å²) >= 11 is 0. The van der Waals surface area contributed by atoms with Gasteiger partial charge in [-0.3, -0.25) is 0 Å². The first-order chi connectivity index (χ1) is 38.4. The van der Waals surface area contributed by atoms with Gasteiger partial charge in [-0.1, -0.05) is 60.6 Å². The summed E-state index contributed by atoms with van der Waals surface area (Å²) in [5, 5.41) is 9.92. The molecule has 3 aromatic carbocycles. The smallest absolute Gasteiger partial charge is 0.197 e. The van der Waals surface area contributed by atoms with E-state index >= 15 is 0 Å². The monoisotopic (exact) mass is 1010 g/mol. The molecule has 0 aromatic heterocycles. The Morgan fingerprint density at radius 1 is 0.333 bits per heavy atom. The molecule has 0 aliphatic rings. The Hall–Kier alpha value is -11.9. The fourth-order valence-corrected chi connectivity index (χ4v) is 5.41. The molecule has 0 aliphatic heterocycles. The number of methoxy groups -OCH3 is 3. The minimum atomic E-state index is -1.46. The first kappa shape index (κ1) is 60.4. The molecule has 9 heteroatoms. The van der Waals surface area contributed by atoms with Crippen LogP contribution in [0.1, 0.15) is 44.4 Å². The van der Waals surface area contributed by atoms with Crippen LogP contribution >= 0.6 is 0 Å². The Labute approximate surface area is 460 Å². The molecule has 9 nitrogen and oxygen atoms in total. The van der Waals surface area contributed by atoms with Crippen molar-refractivity contribution in [2.24, 2.45) is 0 Å². The fraction of sp³-hybridized carbons (Fsp3) is 0.159. The Bertz CT molecular complexity index is 3750. The van der Waals surface area contributed by atoms with Gasteiger partial charge >= 0.3 is 0 Å². The molecule has 0 aliphatic carbocycles. The Morgan fingerprint density at radius 3 is 0.782 bits per heavy atom. The van der Waals surface area contributed by atoms with E-state index in [1.165, 1.54) is 0 Å². The maximum absolute atomic E-state index is 6.19. The van der Waals surface area contributed by atoms with Crippen LogP contribution in [0.25, 0.3) is 18.2 Å². The molecule has 0 radical (unpaired) electrons.